The molecule has 0 aliphatic carbocycles. The highest BCUT2D eigenvalue weighted by Crippen LogP contribution is 2.37. The van der Waals surface area contributed by atoms with Crippen LogP contribution in [-0.2, 0) is 9.59 Å². The summed E-state index contributed by atoms with van der Waals surface area (Å²) in [6.45, 7) is 0. The van der Waals surface area contributed by atoms with Crippen molar-refractivity contribution in [1.82, 2.24) is 0 Å². The first-order valence-corrected chi connectivity index (χ1v) is 5.84. The number of imide groups is 1. The summed E-state index contributed by atoms with van der Waals surface area (Å²) in [6, 6.07) is 2.55. The lowest BCUT2D eigenvalue weighted by atomic mass is 10.1. The maximum Gasteiger partial charge on any atom is 0.337 e. The largest absolute Gasteiger partial charge is 0.493 e. The molecule has 0 spiro atoms. The van der Waals surface area contributed by atoms with Crippen molar-refractivity contribution in [3.05, 3.63) is 17.7 Å². The van der Waals surface area contributed by atoms with Crippen LogP contribution in [0.4, 0.5) is 5.69 Å². The molecule has 1 aromatic carbocycles. The Morgan fingerprint density at radius 2 is 1.60 bits per heavy atom. The van der Waals surface area contributed by atoms with Gasteiger partial charge in [-0.1, -0.05) is 0 Å². The first-order valence-electron chi connectivity index (χ1n) is 5.84. The highest BCUT2D eigenvalue weighted by Gasteiger charge is 2.34. The minimum atomic E-state index is -1.26. The summed E-state index contributed by atoms with van der Waals surface area (Å²) in [7, 11) is 2.75. The molecule has 1 aromatic rings. The van der Waals surface area contributed by atoms with Crippen molar-refractivity contribution in [2.24, 2.45) is 0 Å². The fraction of sp³-hybridized carbons (Fsp3) is 0.308. The van der Waals surface area contributed by atoms with Gasteiger partial charge in [-0.15, -0.1) is 0 Å². The molecule has 20 heavy (non-hydrogen) atoms. The van der Waals surface area contributed by atoms with Gasteiger partial charge in [0.15, 0.2) is 11.5 Å². The van der Waals surface area contributed by atoms with E-state index in [4.69, 9.17) is 9.47 Å². The lowest BCUT2D eigenvalue weighted by Gasteiger charge is -2.19. The van der Waals surface area contributed by atoms with Crippen LogP contribution in [0.5, 0.6) is 11.5 Å². The van der Waals surface area contributed by atoms with Crippen molar-refractivity contribution in [1.29, 1.82) is 0 Å². The summed E-state index contributed by atoms with van der Waals surface area (Å²) in [5.41, 5.74) is -0.186. The predicted octanol–water partition coefficient (Wildman–Crippen LogP) is 1.06. The van der Waals surface area contributed by atoms with Gasteiger partial charge in [0, 0.05) is 25.0 Å². The van der Waals surface area contributed by atoms with Crippen molar-refractivity contribution in [2.75, 3.05) is 19.1 Å². The molecule has 1 fully saturated rings. The minimum absolute atomic E-state index is 0.00245. The predicted molar refractivity (Wildman–Crippen MR) is 68.2 cm³/mol. The quantitative estimate of drug-likeness (QED) is 0.828. The van der Waals surface area contributed by atoms with Crippen LogP contribution >= 0.6 is 0 Å². The van der Waals surface area contributed by atoms with Crippen LogP contribution < -0.4 is 14.4 Å². The fourth-order valence-corrected chi connectivity index (χ4v) is 2.07. The molecule has 1 saturated heterocycles. The number of carbonyl (C=O) groups is 3. The number of rotatable bonds is 4. The number of benzene rings is 1. The molecule has 1 N–H and O–H groups in total. The number of hydrogen-bond donors (Lipinski definition) is 1. The van der Waals surface area contributed by atoms with Gasteiger partial charge in [-0.3, -0.25) is 9.59 Å². The Morgan fingerprint density at radius 1 is 1.10 bits per heavy atom. The third kappa shape index (κ3) is 2.18. The molecule has 106 valence electrons. The smallest absolute Gasteiger partial charge is 0.337 e. The van der Waals surface area contributed by atoms with E-state index >= 15 is 0 Å². The molecule has 0 atom stereocenters. The molecule has 7 heteroatoms. The summed E-state index contributed by atoms with van der Waals surface area (Å²) in [5.74, 6) is -1.64. The number of amides is 2. The van der Waals surface area contributed by atoms with Gasteiger partial charge in [-0.25, -0.2) is 9.69 Å². The maximum atomic E-state index is 11.8. The normalized spacial score (nSPS) is 14.6. The van der Waals surface area contributed by atoms with E-state index in [1.807, 2.05) is 0 Å². The second kappa shape index (κ2) is 5.20. The van der Waals surface area contributed by atoms with Crippen molar-refractivity contribution in [2.45, 2.75) is 12.8 Å². The molecule has 1 aliphatic heterocycles. The van der Waals surface area contributed by atoms with Gasteiger partial charge in [0.1, 0.15) is 0 Å². The molecule has 0 unspecified atom stereocenters. The number of carboxylic acids is 1. The lowest BCUT2D eigenvalue weighted by Crippen LogP contribution is -2.30. The number of nitrogens with zero attached hydrogens (tertiary/aromatic N) is 1. The van der Waals surface area contributed by atoms with Gasteiger partial charge >= 0.3 is 5.97 Å². The van der Waals surface area contributed by atoms with E-state index in [1.165, 1.54) is 26.4 Å². The number of methoxy groups -OCH3 is 2. The van der Waals surface area contributed by atoms with E-state index in [0.717, 1.165) is 4.90 Å². The summed E-state index contributed by atoms with van der Waals surface area (Å²) in [4.78, 5) is 35.7. The van der Waals surface area contributed by atoms with Crippen molar-refractivity contribution < 1.29 is 29.0 Å². The fourth-order valence-electron chi connectivity index (χ4n) is 2.07. The second-order valence-electron chi connectivity index (χ2n) is 4.15. The summed E-state index contributed by atoms with van der Waals surface area (Å²) in [5, 5.41) is 9.24. The van der Waals surface area contributed by atoms with Crippen LogP contribution in [0, 0.1) is 0 Å². The first kappa shape index (κ1) is 13.9. The van der Waals surface area contributed by atoms with E-state index in [2.05, 4.69) is 0 Å². The molecular formula is C13H13NO6. The molecular weight excluding hydrogens is 266 g/mol. The van der Waals surface area contributed by atoms with E-state index < -0.39 is 17.8 Å². The first-order chi connectivity index (χ1) is 9.49. The van der Waals surface area contributed by atoms with E-state index in [0.29, 0.717) is 0 Å². The second-order valence-corrected chi connectivity index (χ2v) is 4.15. The third-order valence-electron chi connectivity index (χ3n) is 3.02. The zero-order valence-electron chi connectivity index (χ0n) is 11.0. The Balaban J connectivity index is 2.64. The van der Waals surface area contributed by atoms with Crippen LogP contribution in [0.25, 0.3) is 0 Å². The summed E-state index contributed by atoms with van der Waals surface area (Å²) >= 11 is 0. The SMILES string of the molecule is COc1cc(C(=O)O)c(N2C(=O)CCC2=O)cc1OC. The Kier molecular flexibility index (Phi) is 3.60. The Bertz CT molecular complexity index is 579. The molecule has 7 nitrogen and oxygen atoms in total. The molecule has 0 saturated carbocycles. The highest BCUT2D eigenvalue weighted by molar-refractivity contribution is 6.22. The number of carboxylic acid groups (broad SMARTS) is 1. The topological polar surface area (TPSA) is 93.1 Å². The monoisotopic (exact) mass is 279 g/mol. The number of carbonyl (C=O) groups excluding carboxylic acids is 2. The molecule has 1 heterocycles. The van der Waals surface area contributed by atoms with Crippen molar-refractivity contribution in [3.8, 4) is 11.5 Å². The van der Waals surface area contributed by atoms with E-state index in [9.17, 15) is 19.5 Å². The van der Waals surface area contributed by atoms with Crippen LogP contribution in [0.3, 0.4) is 0 Å². The third-order valence-corrected chi connectivity index (χ3v) is 3.02. The summed E-state index contributed by atoms with van der Waals surface area (Å²) in [6.07, 6.45) is 0.151. The lowest BCUT2D eigenvalue weighted by molar-refractivity contribution is -0.121. The molecule has 0 radical (unpaired) electrons. The van der Waals surface area contributed by atoms with Crippen LogP contribution in [-0.4, -0.2) is 37.1 Å². The van der Waals surface area contributed by atoms with Gasteiger partial charge < -0.3 is 14.6 Å². The zero-order chi connectivity index (χ0) is 14.9. The maximum absolute atomic E-state index is 11.8. The van der Waals surface area contributed by atoms with Crippen LogP contribution in [0.15, 0.2) is 12.1 Å². The summed E-state index contributed by atoms with van der Waals surface area (Å²) < 4.78 is 10.1. The zero-order valence-corrected chi connectivity index (χ0v) is 11.0. The Morgan fingerprint density at radius 3 is 2.05 bits per heavy atom. The Hall–Kier alpha value is -2.57. The van der Waals surface area contributed by atoms with E-state index in [-0.39, 0.29) is 35.6 Å². The van der Waals surface area contributed by atoms with Crippen molar-refractivity contribution >= 4 is 23.5 Å². The van der Waals surface area contributed by atoms with Gasteiger partial charge in [0.25, 0.3) is 0 Å². The number of aromatic carboxylic acids is 1. The number of anilines is 1. The molecule has 2 rings (SSSR count). The molecule has 0 aromatic heterocycles. The standard InChI is InChI=1S/C13H13NO6/c1-19-9-5-7(13(17)18)8(6-10(9)20-2)14-11(15)3-4-12(14)16/h5-6H,3-4H2,1-2H3,(H,17,18). The number of hydrogen-bond acceptors (Lipinski definition) is 5. The Labute approximate surface area is 114 Å². The highest BCUT2D eigenvalue weighted by atomic mass is 16.5. The molecule has 1 aliphatic rings. The van der Waals surface area contributed by atoms with Crippen LogP contribution in [0.2, 0.25) is 0 Å². The van der Waals surface area contributed by atoms with E-state index in [1.54, 1.807) is 0 Å². The average molecular weight is 279 g/mol. The van der Waals surface area contributed by atoms with Gasteiger partial charge in [0.2, 0.25) is 11.8 Å². The van der Waals surface area contributed by atoms with Gasteiger partial charge in [0.05, 0.1) is 25.5 Å². The van der Waals surface area contributed by atoms with Gasteiger partial charge in [-0.2, -0.15) is 0 Å². The van der Waals surface area contributed by atoms with Crippen molar-refractivity contribution in [3.63, 3.8) is 0 Å². The minimum Gasteiger partial charge on any atom is -0.493 e. The number of ether oxygens (including phenoxy) is 2. The van der Waals surface area contributed by atoms with Gasteiger partial charge in [-0.05, 0) is 0 Å². The van der Waals surface area contributed by atoms with Crippen LogP contribution in [0.1, 0.15) is 23.2 Å². The average Bonchev–Trinajstić information content (AvgIpc) is 2.76. The molecule has 2 amide bonds. The molecule has 0 bridgehead atoms.